The van der Waals surface area contributed by atoms with Gasteiger partial charge in [0.05, 0.1) is 10.6 Å². The lowest BCUT2D eigenvalue weighted by molar-refractivity contribution is -0.119. The van der Waals surface area contributed by atoms with E-state index < -0.39 is 10.0 Å². The van der Waals surface area contributed by atoms with Gasteiger partial charge in [-0.25, -0.2) is 8.42 Å². The molecular formula is C25H27ClN2O3S. The van der Waals surface area contributed by atoms with Crippen molar-refractivity contribution in [3.05, 3.63) is 94.5 Å². The largest absolute Gasteiger partial charge is 0.354 e. The van der Waals surface area contributed by atoms with Crippen LogP contribution in [0.3, 0.4) is 0 Å². The maximum atomic E-state index is 13.5. The minimum atomic E-state index is -3.96. The zero-order chi connectivity index (χ0) is 23.3. The van der Waals surface area contributed by atoms with Crippen molar-refractivity contribution in [1.29, 1.82) is 0 Å². The number of sulfonamides is 1. The SMILES string of the molecule is Cc1ccc(S(=O)(=O)N(CC(=O)NC[C@H](C)c2ccccc2)c2ccc(Cl)cc2C)cc1. The number of halogens is 1. The average Bonchev–Trinajstić information content (AvgIpc) is 2.77. The second-order valence-corrected chi connectivity index (χ2v) is 10.2. The van der Waals surface area contributed by atoms with Gasteiger partial charge in [-0.3, -0.25) is 9.10 Å². The van der Waals surface area contributed by atoms with Gasteiger partial charge >= 0.3 is 0 Å². The van der Waals surface area contributed by atoms with Crippen molar-refractivity contribution in [3.63, 3.8) is 0 Å². The number of carbonyl (C=O) groups excluding carboxylic acids is 1. The Labute approximate surface area is 195 Å². The van der Waals surface area contributed by atoms with Crippen LogP contribution in [0.2, 0.25) is 5.02 Å². The third-order valence-corrected chi connectivity index (χ3v) is 7.31. The van der Waals surface area contributed by atoms with Crippen molar-refractivity contribution < 1.29 is 13.2 Å². The first-order valence-corrected chi connectivity index (χ1v) is 12.2. The van der Waals surface area contributed by atoms with Crippen LogP contribution in [-0.2, 0) is 14.8 Å². The molecule has 0 aliphatic carbocycles. The van der Waals surface area contributed by atoms with Crippen molar-refractivity contribution >= 4 is 33.2 Å². The van der Waals surface area contributed by atoms with Crippen molar-refractivity contribution in [2.45, 2.75) is 31.6 Å². The Morgan fingerprint density at radius 1 is 1.00 bits per heavy atom. The standard InChI is InChI=1S/C25H27ClN2O3S/c1-18-9-12-23(13-10-18)32(30,31)28(24-14-11-22(26)15-19(24)2)17-25(29)27-16-20(3)21-7-5-4-6-8-21/h4-15,20H,16-17H2,1-3H3,(H,27,29)/t20-/m0/s1. The van der Waals surface area contributed by atoms with Crippen LogP contribution >= 0.6 is 11.6 Å². The summed E-state index contributed by atoms with van der Waals surface area (Å²) in [6.07, 6.45) is 0. The molecule has 0 saturated carbocycles. The number of benzene rings is 3. The van der Waals surface area contributed by atoms with E-state index in [4.69, 9.17) is 11.6 Å². The monoisotopic (exact) mass is 470 g/mol. The quantitative estimate of drug-likeness (QED) is 0.499. The van der Waals surface area contributed by atoms with Crippen LogP contribution in [-0.4, -0.2) is 27.4 Å². The van der Waals surface area contributed by atoms with E-state index in [0.29, 0.717) is 22.8 Å². The van der Waals surface area contributed by atoms with Gasteiger partial charge < -0.3 is 5.32 Å². The second-order valence-electron chi connectivity index (χ2n) is 7.87. The highest BCUT2D eigenvalue weighted by Gasteiger charge is 2.28. The van der Waals surface area contributed by atoms with E-state index in [1.807, 2.05) is 44.2 Å². The first-order chi connectivity index (χ1) is 15.2. The predicted molar refractivity (Wildman–Crippen MR) is 130 cm³/mol. The highest BCUT2D eigenvalue weighted by atomic mass is 35.5. The van der Waals surface area contributed by atoms with Crippen LogP contribution < -0.4 is 9.62 Å². The van der Waals surface area contributed by atoms with Gasteiger partial charge in [0.2, 0.25) is 5.91 Å². The number of nitrogens with one attached hydrogen (secondary N) is 1. The molecule has 168 valence electrons. The van der Waals surface area contributed by atoms with E-state index in [2.05, 4.69) is 5.32 Å². The van der Waals surface area contributed by atoms with Gasteiger partial charge in [-0.05, 0) is 61.2 Å². The van der Waals surface area contributed by atoms with Crippen molar-refractivity contribution in [3.8, 4) is 0 Å². The molecule has 0 saturated heterocycles. The molecule has 0 spiro atoms. The predicted octanol–water partition coefficient (Wildman–Crippen LogP) is 5.07. The Bertz CT molecular complexity index is 1180. The lowest BCUT2D eigenvalue weighted by atomic mass is 10.0. The van der Waals surface area contributed by atoms with E-state index in [1.54, 1.807) is 49.4 Å². The second kappa shape index (κ2) is 10.2. The molecule has 0 bridgehead atoms. The molecule has 5 nitrogen and oxygen atoms in total. The first-order valence-electron chi connectivity index (χ1n) is 10.4. The normalized spacial score (nSPS) is 12.2. The highest BCUT2D eigenvalue weighted by molar-refractivity contribution is 7.92. The molecule has 32 heavy (non-hydrogen) atoms. The number of anilines is 1. The molecule has 0 heterocycles. The number of aryl methyl sites for hydroxylation is 2. The summed E-state index contributed by atoms with van der Waals surface area (Å²) in [7, 11) is -3.96. The molecule has 0 aliphatic heterocycles. The summed E-state index contributed by atoms with van der Waals surface area (Å²) in [5.74, 6) is -0.280. The molecule has 0 fully saturated rings. The number of hydrogen-bond donors (Lipinski definition) is 1. The van der Waals surface area contributed by atoms with E-state index in [9.17, 15) is 13.2 Å². The fourth-order valence-corrected chi connectivity index (χ4v) is 5.10. The van der Waals surface area contributed by atoms with Crippen LogP contribution in [0.1, 0.15) is 29.5 Å². The van der Waals surface area contributed by atoms with E-state index in [0.717, 1.165) is 15.4 Å². The van der Waals surface area contributed by atoms with Gasteiger partial charge in [-0.1, -0.05) is 66.6 Å². The molecular weight excluding hydrogens is 444 g/mol. The van der Waals surface area contributed by atoms with Gasteiger partial charge in [0, 0.05) is 11.6 Å². The third-order valence-electron chi connectivity index (χ3n) is 5.30. The minimum Gasteiger partial charge on any atom is -0.354 e. The molecule has 3 aromatic rings. The molecule has 0 unspecified atom stereocenters. The Hall–Kier alpha value is -2.83. The van der Waals surface area contributed by atoms with Crippen LogP contribution in [0.25, 0.3) is 0 Å². The number of amides is 1. The van der Waals surface area contributed by atoms with Gasteiger partial charge in [0.25, 0.3) is 10.0 Å². The molecule has 0 aliphatic rings. The molecule has 1 amide bonds. The Morgan fingerprint density at radius 2 is 1.66 bits per heavy atom. The summed E-state index contributed by atoms with van der Waals surface area (Å²) in [6, 6.07) is 21.4. The molecule has 1 N–H and O–H groups in total. The molecule has 3 rings (SSSR count). The highest BCUT2D eigenvalue weighted by Crippen LogP contribution is 2.29. The van der Waals surface area contributed by atoms with Crippen LogP contribution in [0.4, 0.5) is 5.69 Å². The van der Waals surface area contributed by atoms with E-state index in [-0.39, 0.29) is 23.3 Å². The van der Waals surface area contributed by atoms with E-state index >= 15 is 0 Å². The fourth-order valence-electron chi connectivity index (χ4n) is 3.39. The maximum Gasteiger partial charge on any atom is 0.264 e. The fraction of sp³-hybridized carbons (Fsp3) is 0.240. The first kappa shape index (κ1) is 23.8. The van der Waals surface area contributed by atoms with Crippen LogP contribution in [0, 0.1) is 13.8 Å². The zero-order valence-corrected chi connectivity index (χ0v) is 20.0. The Morgan fingerprint density at radius 3 is 2.28 bits per heavy atom. The van der Waals surface area contributed by atoms with Crippen molar-refractivity contribution in [1.82, 2.24) is 5.32 Å². The summed E-state index contributed by atoms with van der Waals surface area (Å²) in [5.41, 5.74) is 3.14. The summed E-state index contributed by atoms with van der Waals surface area (Å²) in [5, 5.41) is 3.37. The molecule has 3 aromatic carbocycles. The lowest BCUT2D eigenvalue weighted by Gasteiger charge is -2.26. The topological polar surface area (TPSA) is 66.5 Å². The van der Waals surface area contributed by atoms with Gasteiger partial charge in [0.1, 0.15) is 6.54 Å². The smallest absolute Gasteiger partial charge is 0.264 e. The summed E-state index contributed by atoms with van der Waals surface area (Å²) < 4.78 is 28.1. The third kappa shape index (κ3) is 5.69. The van der Waals surface area contributed by atoms with Crippen LogP contribution in [0.15, 0.2) is 77.7 Å². The number of carbonyl (C=O) groups is 1. The van der Waals surface area contributed by atoms with E-state index in [1.165, 1.54) is 0 Å². The summed E-state index contributed by atoms with van der Waals surface area (Å²) >= 11 is 6.07. The van der Waals surface area contributed by atoms with Gasteiger partial charge in [-0.2, -0.15) is 0 Å². The van der Waals surface area contributed by atoms with Crippen molar-refractivity contribution in [2.24, 2.45) is 0 Å². The maximum absolute atomic E-state index is 13.5. The van der Waals surface area contributed by atoms with Gasteiger partial charge in [0.15, 0.2) is 0 Å². The van der Waals surface area contributed by atoms with Crippen molar-refractivity contribution in [2.75, 3.05) is 17.4 Å². The number of rotatable bonds is 8. The minimum absolute atomic E-state index is 0.0968. The summed E-state index contributed by atoms with van der Waals surface area (Å²) in [6.45, 7) is 5.74. The Kier molecular flexibility index (Phi) is 7.59. The Balaban J connectivity index is 1.85. The number of hydrogen-bond acceptors (Lipinski definition) is 3. The molecule has 7 heteroatoms. The lowest BCUT2D eigenvalue weighted by Crippen LogP contribution is -2.42. The molecule has 1 atom stereocenters. The summed E-state index contributed by atoms with van der Waals surface area (Å²) in [4.78, 5) is 13.0. The molecule has 0 radical (unpaired) electrons. The molecule has 0 aromatic heterocycles. The van der Waals surface area contributed by atoms with Crippen LogP contribution in [0.5, 0.6) is 0 Å². The zero-order valence-electron chi connectivity index (χ0n) is 18.4. The average molecular weight is 471 g/mol. The van der Waals surface area contributed by atoms with Gasteiger partial charge in [-0.15, -0.1) is 0 Å². The number of nitrogens with zero attached hydrogens (tertiary/aromatic N) is 1.